The third-order valence-electron chi connectivity index (χ3n) is 3.39. The maximum Gasteiger partial charge on any atom is 0.257 e. The predicted molar refractivity (Wildman–Crippen MR) is 89.6 cm³/mol. The quantitative estimate of drug-likeness (QED) is 0.868. The molecule has 4 nitrogen and oxygen atoms in total. The second-order valence-corrected chi connectivity index (χ2v) is 5.70. The SMILES string of the molecule is COc1ccc(Cl)cc1C(=O)N(C)CCC(N)C(C)C.Cl. The van der Waals surface area contributed by atoms with Crippen molar-refractivity contribution in [2.24, 2.45) is 11.7 Å². The van der Waals surface area contributed by atoms with Gasteiger partial charge in [0.2, 0.25) is 0 Å². The zero-order valence-corrected chi connectivity index (χ0v) is 14.5. The van der Waals surface area contributed by atoms with Crippen LogP contribution in [0.3, 0.4) is 0 Å². The van der Waals surface area contributed by atoms with Gasteiger partial charge in [-0.05, 0) is 30.5 Å². The van der Waals surface area contributed by atoms with Crippen LogP contribution >= 0.6 is 24.0 Å². The fourth-order valence-corrected chi connectivity index (χ4v) is 2.00. The van der Waals surface area contributed by atoms with E-state index in [0.717, 1.165) is 6.42 Å². The summed E-state index contributed by atoms with van der Waals surface area (Å²) >= 11 is 5.95. The predicted octanol–water partition coefficient (Wildman–Crippen LogP) is 3.22. The molecule has 0 aliphatic rings. The van der Waals surface area contributed by atoms with Crippen LogP contribution in [0, 0.1) is 5.92 Å². The monoisotopic (exact) mass is 334 g/mol. The Labute approximate surface area is 138 Å². The lowest BCUT2D eigenvalue weighted by Gasteiger charge is -2.22. The highest BCUT2D eigenvalue weighted by Gasteiger charge is 2.18. The van der Waals surface area contributed by atoms with Crippen LogP contribution in [0.15, 0.2) is 18.2 Å². The maximum atomic E-state index is 12.4. The zero-order chi connectivity index (χ0) is 15.3. The van der Waals surface area contributed by atoms with E-state index in [4.69, 9.17) is 22.1 Å². The van der Waals surface area contributed by atoms with Gasteiger partial charge in [0.25, 0.3) is 5.91 Å². The molecule has 0 heterocycles. The summed E-state index contributed by atoms with van der Waals surface area (Å²) in [7, 11) is 3.30. The number of amides is 1. The molecule has 1 rings (SSSR count). The zero-order valence-electron chi connectivity index (χ0n) is 12.9. The van der Waals surface area contributed by atoms with E-state index in [-0.39, 0.29) is 24.4 Å². The Morgan fingerprint density at radius 1 is 1.43 bits per heavy atom. The molecule has 21 heavy (non-hydrogen) atoms. The summed E-state index contributed by atoms with van der Waals surface area (Å²) in [6.07, 6.45) is 0.767. The third kappa shape index (κ3) is 5.73. The minimum atomic E-state index is -0.111. The summed E-state index contributed by atoms with van der Waals surface area (Å²) in [6.45, 7) is 4.76. The first-order chi connectivity index (χ1) is 9.36. The number of benzene rings is 1. The van der Waals surface area contributed by atoms with Gasteiger partial charge in [-0.3, -0.25) is 4.79 Å². The smallest absolute Gasteiger partial charge is 0.257 e. The molecule has 0 aromatic heterocycles. The molecule has 6 heteroatoms. The van der Waals surface area contributed by atoms with Crippen LogP contribution in [-0.2, 0) is 0 Å². The molecule has 0 radical (unpaired) electrons. The Hall–Kier alpha value is -0.970. The van der Waals surface area contributed by atoms with Gasteiger partial charge in [0.05, 0.1) is 12.7 Å². The molecule has 120 valence electrons. The summed E-state index contributed by atoms with van der Waals surface area (Å²) in [5.74, 6) is 0.818. The van der Waals surface area contributed by atoms with Crippen LogP contribution in [0.25, 0.3) is 0 Å². The summed E-state index contributed by atoms with van der Waals surface area (Å²) in [5.41, 5.74) is 6.47. The Bertz CT molecular complexity index is 467. The Morgan fingerprint density at radius 2 is 2.05 bits per heavy atom. The van der Waals surface area contributed by atoms with E-state index < -0.39 is 0 Å². The van der Waals surface area contributed by atoms with Gasteiger partial charge in [-0.2, -0.15) is 0 Å². The number of methoxy groups -OCH3 is 1. The number of ether oxygens (including phenoxy) is 1. The number of nitrogens with zero attached hydrogens (tertiary/aromatic N) is 1. The highest BCUT2D eigenvalue weighted by atomic mass is 35.5. The van der Waals surface area contributed by atoms with Gasteiger partial charge in [0, 0.05) is 24.7 Å². The molecular weight excluding hydrogens is 311 g/mol. The number of hydrogen-bond acceptors (Lipinski definition) is 3. The average Bonchev–Trinajstić information content (AvgIpc) is 2.43. The van der Waals surface area contributed by atoms with Crippen LogP contribution in [0.1, 0.15) is 30.6 Å². The van der Waals surface area contributed by atoms with Crippen molar-refractivity contribution in [1.29, 1.82) is 0 Å². The fourth-order valence-electron chi connectivity index (χ4n) is 1.83. The lowest BCUT2D eigenvalue weighted by Crippen LogP contribution is -2.34. The Balaban J connectivity index is 0.00000400. The third-order valence-corrected chi connectivity index (χ3v) is 3.63. The number of carbonyl (C=O) groups excluding carboxylic acids is 1. The number of rotatable bonds is 6. The summed E-state index contributed by atoms with van der Waals surface area (Å²) in [4.78, 5) is 14.1. The minimum Gasteiger partial charge on any atom is -0.496 e. The Kier molecular flexibility index (Phi) is 8.71. The molecule has 0 bridgehead atoms. The van der Waals surface area contributed by atoms with Gasteiger partial charge < -0.3 is 15.4 Å². The van der Waals surface area contributed by atoms with E-state index in [9.17, 15) is 4.79 Å². The van der Waals surface area contributed by atoms with E-state index in [0.29, 0.717) is 28.8 Å². The lowest BCUT2D eigenvalue weighted by atomic mass is 10.0. The molecule has 0 aliphatic carbocycles. The number of nitrogens with two attached hydrogens (primary N) is 1. The molecule has 0 spiro atoms. The lowest BCUT2D eigenvalue weighted by molar-refractivity contribution is 0.0786. The fraction of sp³-hybridized carbons (Fsp3) is 0.533. The molecule has 0 saturated carbocycles. The topological polar surface area (TPSA) is 55.6 Å². The van der Waals surface area contributed by atoms with Gasteiger partial charge in [-0.1, -0.05) is 25.4 Å². The van der Waals surface area contributed by atoms with Crippen molar-refractivity contribution in [2.75, 3.05) is 20.7 Å². The van der Waals surface area contributed by atoms with Gasteiger partial charge in [0.1, 0.15) is 5.75 Å². The van der Waals surface area contributed by atoms with Crippen molar-refractivity contribution in [3.63, 3.8) is 0 Å². The summed E-state index contributed by atoms with van der Waals surface area (Å²) < 4.78 is 5.20. The molecule has 2 N–H and O–H groups in total. The van der Waals surface area contributed by atoms with Crippen molar-refractivity contribution in [1.82, 2.24) is 4.90 Å². The first kappa shape index (κ1) is 20.0. The summed E-state index contributed by atoms with van der Waals surface area (Å²) in [5, 5.41) is 0.515. The number of halogens is 2. The number of carbonyl (C=O) groups is 1. The van der Waals surface area contributed by atoms with Crippen LogP contribution < -0.4 is 10.5 Å². The average molecular weight is 335 g/mol. The van der Waals surface area contributed by atoms with E-state index in [2.05, 4.69) is 13.8 Å². The molecule has 0 aliphatic heterocycles. The second-order valence-electron chi connectivity index (χ2n) is 5.27. The molecule has 1 unspecified atom stereocenters. The summed E-state index contributed by atoms with van der Waals surface area (Å²) in [6, 6.07) is 5.11. The van der Waals surface area contributed by atoms with E-state index in [1.54, 1.807) is 30.1 Å². The molecule has 1 aromatic carbocycles. The van der Waals surface area contributed by atoms with Crippen LogP contribution in [-0.4, -0.2) is 37.6 Å². The second kappa shape index (κ2) is 9.13. The van der Waals surface area contributed by atoms with Crippen molar-refractivity contribution < 1.29 is 9.53 Å². The molecule has 1 amide bonds. The van der Waals surface area contributed by atoms with Gasteiger partial charge in [-0.25, -0.2) is 0 Å². The van der Waals surface area contributed by atoms with E-state index in [1.807, 2.05) is 0 Å². The van der Waals surface area contributed by atoms with Gasteiger partial charge in [0.15, 0.2) is 0 Å². The molecule has 0 saturated heterocycles. The van der Waals surface area contributed by atoms with E-state index >= 15 is 0 Å². The van der Waals surface area contributed by atoms with Crippen LogP contribution in [0.2, 0.25) is 5.02 Å². The molecular formula is C15H24Cl2N2O2. The highest BCUT2D eigenvalue weighted by Crippen LogP contribution is 2.23. The minimum absolute atomic E-state index is 0. The van der Waals surface area contributed by atoms with Crippen molar-refractivity contribution in [3.8, 4) is 5.75 Å². The maximum absolute atomic E-state index is 12.4. The van der Waals surface area contributed by atoms with Gasteiger partial charge in [-0.15, -0.1) is 12.4 Å². The molecule has 0 fully saturated rings. The number of hydrogen-bond donors (Lipinski definition) is 1. The van der Waals surface area contributed by atoms with Crippen molar-refractivity contribution in [2.45, 2.75) is 26.3 Å². The van der Waals surface area contributed by atoms with E-state index in [1.165, 1.54) is 7.11 Å². The standard InChI is InChI=1S/C15H23ClN2O2.ClH/c1-10(2)13(17)7-8-18(3)15(19)12-9-11(16)5-6-14(12)20-4;/h5-6,9-10,13H,7-8,17H2,1-4H3;1H. The van der Waals surface area contributed by atoms with Crippen LogP contribution in [0.4, 0.5) is 0 Å². The Morgan fingerprint density at radius 3 is 2.57 bits per heavy atom. The van der Waals surface area contributed by atoms with Crippen molar-refractivity contribution >= 4 is 29.9 Å². The largest absolute Gasteiger partial charge is 0.496 e. The molecule has 1 atom stereocenters. The van der Waals surface area contributed by atoms with Crippen LogP contribution in [0.5, 0.6) is 5.75 Å². The first-order valence-electron chi connectivity index (χ1n) is 6.71. The van der Waals surface area contributed by atoms with Crippen molar-refractivity contribution in [3.05, 3.63) is 28.8 Å². The molecule has 1 aromatic rings. The highest BCUT2D eigenvalue weighted by molar-refractivity contribution is 6.31. The van der Waals surface area contributed by atoms with Gasteiger partial charge >= 0.3 is 0 Å². The normalized spacial score (nSPS) is 11.8. The first-order valence-corrected chi connectivity index (χ1v) is 7.09.